The molecule has 0 saturated heterocycles. The Balaban J connectivity index is 0.00000168. The summed E-state index contributed by atoms with van der Waals surface area (Å²) in [5.41, 5.74) is 9.32. The van der Waals surface area contributed by atoms with Gasteiger partial charge in [-0.05, 0) is 74.3 Å². The third-order valence-corrected chi connectivity index (χ3v) is 7.39. The molecule has 1 amide bonds. The SMILES string of the molecule is Cl.NC1C2CCCC1CC(C(=O)N(C1CC1)C1CCc3ccccc31)C2. The van der Waals surface area contributed by atoms with Gasteiger partial charge in [0, 0.05) is 18.0 Å². The molecular weight excluding hydrogens is 344 g/mol. The van der Waals surface area contributed by atoms with Gasteiger partial charge in [-0.15, -0.1) is 12.4 Å². The topological polar surface area (TPSA) is 46.3 Å². The fraction of sp³-hybridized carbons (Fsp3) is 0.682. The lowest BCUT2D eigenvalue weighted by Gasteiger charge is -2.45. The van der Waals surface area contributed by atoms with E-state index in [4.69, 9.17) is 5.73 Å². The van der Waals surface area contributed by atoms with Crippen LogP contribution in [0.1, 0.15) is 68.5 Å². The molecule has 2 bridgehead atoms. The largest absolute Gasteiger partial charge is 0.332 e. The van der Waals surface area contributed by atoms with E-state index in [1.807, 2.05) is 0 Å². The molecule has 1 aromatic carbocycles. The molecule has 3 fully saturated rings. The number of aryl methyl sites for hydroxylation is 1. The van der Waals surface area contributed by atoms with E-state index in [-0.39, 0.29) is 18.3 Å². The molecule has 2 N–H and O–H groups in total. The number of hydrogen-bond acceptors (Lipinski definition) is 2. The van der Waals surface area contributed by atoms with Gasteiger partial charge in [-0.25, -0.2) is 0 Å². The molecule has 142 valence electrons. The first-order chi connectivity index (χ1) is 12.2. The number of carbonyl (C=O) groups is 1. The van der Waals surface area contributed by atoms with Crippen molar-refractivity contribution in [3.8, 4) is 0 Å². The highest BCUT2D eigenvalue weighted by atomic mass is 35.5. The molecule has 0 aromatic heterocycles. The van der Waals surface area contributed by atoms with E-state index < -0.39 is 0 Å². The van der Waals surface area contributed by atoms with Crippen molar-refractivity contribution in [2.45, 2.75) is 75.9 Å². The molecule has 3 saturated carbocycles. The van der Waals surface area contributed by atoms with Crippen LogP contribution in [0.5, 0.6) is 0 Å². The Labute approximate surface area is 163 Å². The molecule has 4 heteroatoms. The molecule has 3 atom stereocenters. The Hall–Kier alpha value is -1.06. The molecule has 0 heterocycles. The zero-order chi connectivity index (χ0) is 17.0. The van der Waals surface area contributed by atoms with Gasteiger partial charge in [0.25, 0.3) is 0 Å². The van der Waals surface area contributed by atoms with Crippen LogP contribution in [0.3, 0.4) is 0 Å². The van der Waals surface area contributed by atoms with E-state index in [1.165, 1.54) is 43.2 Å². The number of nitrogens with two attached hydrogens (primary N) is 1. The molecule has 3 unspecified atom stereocenters. The first kappa shape index (κ1) is 18.3. The minimum atomic E-state index is 0. The van der Waals surface area contributed by atoms with Crippen molar-refractivity contribution in [1.82, 2.24) is 4.90 Å². The van der Waals surface area contributed by atoms with E-state index in [0.29, 0.717) is 35.9 Å². The highest BCUT2D eigenvalue weighted by Crippen LogP contribution is 2.47. The number of halogens is 1. The Morgan fingerprint density at radius 3 is 2.38 bits per heavy atom. The van der Waals surface area contributed by atoms with Gasteiger partial charge in [-0.3, -0.25) is 4.79 Å². The summed E-state index contributed by atoms with van der Waals surface area (Å²) in [5.74, 6) is 1.84. The maximum absolute atomic E-state index is 13.6. The van der Waals surface area contributed by atoms with Gasteiger partial charge in [-0.1, -0.05) is 30.7 Å². The number of carbonyl (C=O) groups excluding carboxylic acids is 1. The van der Waals surface area contributed by atoms with Crippen LogP contribution in [0, 0.1) is 17.8 Å². The van der Waals surface area contributed by atoms with Crippen LogP contribution in [-0.4, -0.2) is 22.9 Å². The lowest BCUT2D eigenvalue weighted by molar-refractivity contribution is -0.142. The van der Waals surface area contributed by atoms with Crippen LogP contribution in [0.2, 0.25) is 0 Å². The molecule has 0 radical (unpaired) electrons. The first-order valence-corrected chi connectivity index (χ1v) is 10.4. The van der Waals surface area contributed by atoms with Gasteiger partial charge < -0.3 is 10.6 Å². The smallest absolute Gasteiger partial charge is 0.226 e. The van der Waals surface area contributed by atoms with E-state index >= 15 is 0 Å². The van der Waals surface area contributed by atoms with Crippen LogP contribution in [0.25, 0.3) is 0 Å². The number of benzene rings is 1. The molecule has 0 aliphatic heterocycles. The fourth-order valence-corrected chi connectivity index (χ4v) is 5.97. The summed E-state index contributed by atoms with van der Waals surface area (Å²) >= 11 is 0. The first-order valence-electron chi connectivity index (χ1n) is 10.4. The van der Waals surface area contributed by atoms with E-state index in [0.717, 1.165) is 25.7 Å². The summed E-state index contributed by atoms with van der Waals surface area (Å²) < 4.78 is 0. The Morgan fingerprint density at radius 2 is 1.69 bits per heavy atom. The zero-order valence-electron chi connectivity index (χ0n) is 15.5. The van der Waals surface area contributed by atoms with E-state index in [2.05, 4.69) is 29.2 Å². The van der Waals surface area contributed by atoms with Crippen molar-refractivity contribution >= 4 is 18.3 Å². The van der Waals surface area contributed by atoms with E-state index in [1.54, 1.807) is 0 Å². The van der Waals surface area contributed by atoms with Crippen molar-refractivity contribution < 1.29 is 4.79 Å². The monoisotopic (exact) mass is 374 g/mol. The van der Waals surface area contributed by atoms with Crippen molar-refractivity contribution in [2.75, 3.05) is 0 Å². The fourth-order valence-electron chi connectivity index (χ4n) is 5.97. The minimum Gasteiger partial charge on any atom is -0.332 e. The molecule has 4 aliphatic rings. The third kappa shape index (κ3) is 3.07. The quantitative estimate of drug-likeness (QED) is 0.860. The zero-order valence-corrected chi connectivity index (χ0v) is 16.3. The van der Waals surface area contributed by atoms with Crippen molar-refractivity contribution in [3.63, 3.8) is 0 Å². The normalized spacial score (nSPS) is 35.3. The standard InChI is InChI=1S/C22H30N2O.ClH/c23-21-15-5-3-6-16(21)13-17(12-15)22(25)24(18-9-10-18)20-11-8-14-4-1-2-7-19(14)20;/h1-2,4,7,15-18,20-21H,3,5-6,8-13,23H2;1H. The summed E-state index contributed by atoms with van der Waals surface area (Å²) in [7, 11) is 0. The minimum absolute atomic E-state index is 0. The predicted molar refractivity (Wildman–Crippen MR) is 106 cm³/mol. The number of hydrogen-bond donors (Lipinski definition) is 1. The summed E-state index contributed by atoms with van der Waals surface area (Å²) in [6.45, 7) is 0. The van der Waals surface area contributed by atoms with Gasteiger partial charge in [-0.2, -0.15) is 0 Å². The summed E-state index contributed by atoms with van der Waals surface area (Å²) in [6.07, 6.45) is 10.5. The molecule has 4 aliphatic carbocycles. The van der Waals surface area contributed by atoms with E-state index in [9.17, 15) is 4.79 Å². The molecule has 3 nitrogen and oxygen atoms in total. The highest BCUT2D eigenvalue weighted by molar-refractivity contribution is 5.85. The lowest BCUT2D eigenvalue weighted by atomic mass is 9.65. The number of fused-ring (bicyclic) bond motifs is 3. The molecule has 1 aromatic rings. The summed E-state index contributed by atoms with van der Waals surface area (Å²) in [5, 5.41) is 0. The summed E-state index contributed by atoms with van der Waals surface area (Å²) in [4.78, 5) is 15.9. The molecule has 26 heavy (non-hydrogen) atoms. The Morgan fingerprint density at radius 1 is 1.00 bits per heavy atom. The average Bonchev–Trinajstić information content (AvgIpc) is 3.35. The van der Waals surface area contributed by atoms with Crippen molar-refractivity contribution in [1.29, 1.82) is 0 Å². The Bertz CT molecular complexity index is 660. The number of nitrogens with zero attached hydrogens (tertiary/aromatic N) is 1. The van der Waals surface area contributed by atoms with Gasteiger partial charge in [0.15, 0.2) is 0 Å². The van der Waals surface area contributed by atoms with Crippen molar-refractivity contribution in [3.05, 3.63) is 35.4 Å². The van der Waals surface area contributed by atoms with Gasteiger partial charge in [0.1, 0.15) is 0 Å². The van der Waals surface area contributed by atoms with Gasteiger partial charge in [0.05, 0.1) is 6.04 Å². The van der Waals surface area contributed by atoms with Crippen molar-refractivity contribution in [2.24, 2.45) is 23.5 Å². The average molecular weight is 375 g/mol. The number of amides is 1. The molecule has 5 rings (SSSR count). The second-order valence-corrected chi connectivity index (χ2v) is 8.93. The highest BCUT2D eigenvalue weighted by Gasteiger charge is 2.46. The number of rotatable bonds is 3. The van der Waals surface area contributed by atoms with Crippen LogP contribution in [-0.2, 0) is 11.2 Å². The predicted octanol–water partition coefficient (Wildman–Crippen LogP) is 4.24. The second-order valence-electron chi connectivity index (χ2n) is 8.93. The third-order valence-electron chi connectivity index (χ3n) is 7.39. The molecular formula is C22H31ClN2O. The lowest BCUT2D eigenvalue weighted by Crippen LogP contribution is -2.50. The van der Waals surface area contributed by atoms with Crippen LogP contribution < -0.4 is 5.73 Å². The molecule has 0 spiro atoms. The Kier molecular flexibility index (Phi) is 5.04. The van der Waals surface area contributed by atoms with Crippen LogP contribution in [0.4, 0.5) is 0 Å². The summed E-state index contributed by atoms with van der Waals surface area (Å²) in [6, 6.07) is 9.94. The maximum Gasteiger partial charge on any atom is 0.226 e. The maximum atomic E-state index is 13.6. The van der Waals surface area contributed by atoms with Gasteiger partial charge >= 0.3 is 0 Å². The van der Waals surface area contributed by atoms with Gasteiger partial charge in [0.2, 0.25) is 5.91 Å². The van der Waals surface area contributed by atoms with Crippen LogP contribution >= 0.6 is 12.4 Å². The second kappa shape index (κ2) is 7.16. The van der Waals surface area contributed by atoms with Crippen LogP contribution in [0.15, 0.2) is 24.3 Å².